The van der Waals surface area contributed by atoms with Crippen LogP contribution in [0, 0.1) is 17.7 Å². The molecule has 1 aliphatic rings. The number of nitrogens with zero attached hydrogens (tertiary/aromatic N) is 2. The van der Waals surface area contributed by atoms with Crippen LogP contribution in [-0.4, -0.2) is 42.1 Å². The average Bonchev–Trinajstić information content (AvgIpc) is 2.74. The number of nitrogens with one attached hydrogen (secondary N) is 1. The summed E-state index contributed by atoms with van der Waals surface area (Å²) < 4.78 is 52.0. The zero-order valence-corrected chi connectivity index (χ0v) is 10.6. The van der Waals surface area contributed by atoms with E-state index in [1.165, 1.54) is 24.2 Å². The molecule has 0 unspecified atom stereocenters. The van der Waals surface area contributed by atoms with Gasteiger partial charge in [-0.3, -0.25) is 9.78 Å². The highest BCUT2D eigenvalue weighted by atomic mass is 19.4. The number of pyridine rings is 1. The van der Waals surface area contributed by atoms with Crippen molar-refractivity contribution in [1.29, 1.82) is 0 Å². The fourth-order valence-corrected chi connectivity index (χ4v) is 2.30. The van der Waals surface area contributed by atoms with Crippen molar-refractivity contribution in [3.63, 3.8) is 0 Å². The number of likely N-dealkylation sites (tertiary alicyclic amines) is 1. The highest BCUT2D eigenvalue weighted by Crippen LogP contribution is 2.37. The van der Waals surface area contributed by atoms with E-state index in [-0.39, 0.29) is 18.8 Å². The molecule has 1 aliphatic heterocycles. The van der Waals surface area contributed by atoms with Crippen molar-refractivity contribution in [2.45, 2.75) is 6.18 Å². The minimum absolute atomic E-state index is 0.0112. The summed E-state index contributed by atoms with van der Waals surface area (Å²) in [5.41, 5.74) is -0.166. The molecule has 2 rings (SSSR count). The normalized spacial score (nSPS) is 23.9. The SMILES string of the molecule is CN1C[C@@H](C(F)(F)F)[C@H](C(=O)Nc2ccncc2F)C1. The minimum Gasteiger partial charge on any atom is -0.323 e. The summed E-state index contributed by atoms with van der Waals surface area (Å²) in [5, 5.41) is 2.19. The molecule has 0 aliphatic carbocycles. The Morgan fingerprint density at radius 3 is 2.75 bits per heavy atom. The van der Waals surface area contributed by atoms with Gasteiger partial charge in [-0.1, -0.05) is 0 Å². The summed E-state index contributed by atoms with van der Waals surface area (Å²) in [7, 11) is 1.51. The zero-order valence-electron chi connectivity index (χ0n) is 10.6. The second-order valence-corrected chi connectivity index (χ2v) is 4.82. The number of aromatic nitrogens is 1. The van der Waals surface area contributed by atoms with Crippen molar-refractivity contribution in [3.05, 3.63) is 24.3 Å². The third-order valence-corrected chi connectivity index (χ3v) is 3.29. The molecule has 0 radical (unpaired) electrons. The van der Waals surface area contributed by atoms with Crippen molar-refractivity contribution in [2.75, 3.05) is 25.5 Å². The summed E-state index contributed by atoms with van der Waals surface area (Å²) in [4.78, 5) is 16.9. The van der Waals surface area contributed by atoms with E-state index in [2.05, 4.69) is 10.3 Å². The molecule has 4 nitrogen and oxygen atoms in total. The highest BCUT2D eigenvalue weighted by Gasteiger charge is 2.51. The van der Waals surface area contributed by atoms with Crippen LogP contribution < -0.4 is 5.32 Å². The number of rotatable bonds is 2. The van der Waals surface area contributed by atoms with Crippen molar-refractivity contribution in [1.82, 2.24) is 9.88 Å². The Morgan fingerprint density at radius 1 is 1.45 bits per heavy atom. The molecule has 20 heavy (non-hydrogen) atoms. The molecular weight excluding hydrogens is 278 g/mol. The fraction of sp³-hybridized carbons (Fsp3) is 0.500. The highest BCUT2D eigenvalue weighted by molar-refractivity contribution is 5.93. The molecular formula is C12H13F4N3O. The molecule has 1 saturated heterocycles. The molecule has 110 valence electrons. The van der Waals surface area contributed by atoms with Crippen LogP contribution in [-0.2, 0) is 4.79 Å². The predicted octanol–water partition coefficient (Wildman–Crippen LogP) is 1.90. The Balaban J connectivity index is 2.14. The lowest BCUT2D eigenvalue weighted by Crippen LogP contribution is -2.36. The van der Waals surface area contributed by atoms with Crippen LogP contribution in [0.4, 0.5) is 23.2 Å². The zero-order chi connectivity index (χ0) is 14.9. The summed E-state index contributed by atoms with van der Waals surface area (Å²) in [6, 6.07) is 1.20. The Morgan fingerprint density at radius 2 is 2.15 bits per heavy atom. The average molecular weight is 291 g/mol. The van der Waals surface area contributed by atoms with E-state index in [0.29, 0.717) is 0 Å². The lowest BCUT2D eigenvalue weighted by Gasteiger charge is -2.20. The Kier molecular flexibility index (Phi) is 3.94. The maximum absolute atomic E-state index is 13.3. The Hall–Kier alpha value is -1.70. The largest absolute Gasteiger partial charge is 0.393 e. The number of carbonyl (C=O) groups excluding carboxylic acids is 1. The van der Waals surface area contributed by atoms with Crippen LogP contribution in [0.5, 0.6) is 0 Å². The molecule has 1 aromatic heterocycles. The van der Waals surface area contributed by atoms with Gasteiger partial charge in [-0.15, -0.1) is 0 Å². The number of carbonyl (C=O) groups is 1. The molecule has 1 aromatic rings. The summed E-state index contributed by atoms with van der Waals surface area (Å²) in [5.74, 6) is -4.59. The van der Waals surface area contributed by atoms with Gasteiger partial charge in [0.2, 0.25) is 5.91 Å². The van der Waals surface area contributed by atoms with Crippen LogP contribution in [0.3, 0.4) is 0 Å². The van der Waals surface area contributed by atoms with Crippen molar-refractivity contribution in [2.24, 2.45) is 11.8 Å². The van der Waals surface area contributed by atoms with Gasteiger partial charge in [-0.25, -0.2) is 4.39 Å². The number of hydrogen-bond donors (Lipinski definition) is 1. The molecule has 1 N–H and O–H groups in total. The molecule has 1 fully saturated rings. The number of anilines is 1. The molecule has 1 amide bonds. The second-order valence-electron chi connectivity index (χ2n) is 4.82. The van der Waals surface area contributed by atoms with E-state index in [4.69, 9.17) is 0 Å². The lowest BCUT2D eigenvalue weighted by atomic mass is 9.94. The summed E-state index contributed by atoms with van der Waals surface area (Å²) in [6.45, 7) is -0.247. The van der Waals surface area contributed by atoms with E-state index in [0.717, 1.165) is 6.20 Å². The summed E-state index contributed by atoms with van der Waals surface area (Å²) >= 11 is 0. The van der Waals surface area contributed by atoms with E-state index >= 15 is 0 Å². The first kappa shape index (κ1) is 14.7. The van der Waals surface area contributed by atoms with Gasteiger partial charge < -0.3 is 10.2 Å². The van der Waals surface area contributed by atoms with Crippen LogP contribution in [0.2, 0.25) is 0 Å². The maximum Gasteiger partial charge on any atom is 0.393 e. The van der Waals surface area contributed by atoms with E-state index in [9.17, 15) is 22.4 Å². The van der Waals surface area contributed by atoms with Gasteiger partial charge in [0.05, 0.1) is 23.7 Å². The quantitative estimate of drug-likeness (QED) is 0.847. The number of halogens is 4. The van der Waals surface area contributed by atoms with E-state index in [1.54, 1.807) is 0 Å². The topological polar surface area (TPSA) is 45.2 Å². The van der Waals surface area contributed by atoms with Crippen molar-refractivity contribution in [3.8, 4) is 0 Å². The molecule has 0 spiro atoms. The smallest absolute Gasteiger partial charge is 0.323 e. The molecule has 0 saturated carbocycles. The number of hydrogen-bond acceptors (Lipinski definition) is 3. The molecule has 2 atom stereocenters. The molecule has 2 heterocycles. The van der Waals surface area contributed by atoms with Gasteiger partial charge in [0, 0.05) is 19.3 Å². The maximum atomic E-state index is 13.3. The van der Waals surface area contributed by atoms with Gasteiger partial charge in [0.15, 0.2) is 5.82 Å². The van der Waals surface area contributed by atoms with Crippen LogP contribution in [0.15, 0.2) is 18.5 Å². The van der Waals surface area contributed by atoms with E-state index in [1.807, 2.05) is 0 Å². The molecule has 8 heteroatoms. The Bertz CT molecular complexity index is 506. The minimum atomic E-state index is -4.45. The van der Waals surface area contributed by atoms with Gasteiger partial charge in [0.1, 0.15) is 0 Å². The van der Waals surface area contributed by atoms with Gasteiger partial charge in [-0.05, 0) is 13.1 Å². The van der Waals surface area contributed by atoms with Gasteiger partial charge in [-0.2, -0.15) is 13.2 Å². The first-order valence-corrected chi connectivity index (χ1v) is 5.94. The van der Waals surface area contributed by atoms with Crippen LogP contribution in [0.1, 0.15) is 0 Å². The fourth-order valence-electron chi connectivity index (χ4n) is 2.30. The van der Waals surface area contributed by atoms with Crippen molar-refractivity contribution < 1.29 is 22.4 Å². The third-order valence-electron chi connectivity index (χ3n) is 3.29. The van der Waals surface area contributed by atoms with Crippen molar-refractivity contribution >= 4 is 11.6 Å². The van der Waals surface area contributed by atoms with E-state index < -0.39 is 29.7 Å². The van der Waals surface area contributed by atoms with Gasteiger partial charge >= 0.3 is 6.18 Å². The first-order valence-electron chi connectivity index (χ1n) is 5.94. The first-order chi connectivity index (χ1) is 9.29. The number of alkyl halides is 3. The Labute approximate surface area is 112 Å². The second kappa shape index (κ2) is 5.35. The lowest BCUT2D eigenvalue weighted by molar-refractivity contribution is -0.182. The summed E-state index contributed by atoms with van der Waals surface area (Å²) in [6.07, 6.45) is -2.32. The predicted molar refractivity (Wildman–Crippen MR) is 63.4 cm³/mol. The van der Waals surface area contributed by atoms with Gasteiger partial charge in [0.25, 0.3) is 0 Å². The monoisotopic (exact) mass is 291 g/mol. The standard InChI is InChI=1S/C12H13F4N3O/c1-19-5-7(8(6-19)12(14,15)16)11(20)18-10-2-3-17-4-9(10)13/h2-4,7-8H,5-6H2,1H3,(H,17,18,20)/t7-,8-/m1/s1. The van der Waals surface area contributed by atoms with Crippen LogP contribution in [0.25, 0.3) is 0 Å². The van der Waals surface area contributed by atoms with Crippen LogP contribution >= 0.6 is 0 Å². The number of amides is 1. The molecule has 0 bridgehead atoms. The molecule has 0 aromatic carbocycles. The third kappa shape index (κ3) is 3.06.